The molecule has 0 aromatic carbocycles. The zero-order valence-corrected chi connectivity index (χ0v) is 8.37. The molecule has 2 aliphatic rings. The van der Waals surface area contributed by atoms with Crippen LogP contribution in [0.1, 0.15) is 19.3 Å². The van der Waals surface area contributed by atoms with Crippen LogP contribution >= 0.6 is 11.6 Å². The van der Waals surface area contributed by atoms with Crippen molar-refractivity contribution in [2.24, 2.45) is 5.92 Å². The first-order chi connectivity index (χ1) is 6.40. The first kappa shape index (κ1) is 9.50. The minimum absolute atomic E-state index is 0.00583. The summed E-state index contributed by atoms with van der Waals surface area (Å²) in [5.41, 5.74) is 0. The van der Waals surface area contributed by atoms with E-state index in [0.29, 0.717) is 18.4 Å². The van der Waals surface area contributed by atoms with Crippen LogP contribution in [0.15, 0.2) is 12.2 Å². The molecule has 0 radical (unpaired) electrons. The molecule has 0 aromatic rings. The van der Waals surface area contributed by atoms with E-state index in [1.165, 1.54) is 6.42 Å². The van der Waals surface area contributed by atoms with E-state index >= 15 is 0 Å². The third-order valence-electron chi connectivity index (χ3n) is 2.64. The van der Waals surface area contributed by atoms with Crippen LogP contribution in [0.4, 0.5) is 0 Å². The lowest BCUT2D eigenvalue weighted by Crippen LogP contribution is -2.23. The maximum atomic E-state index is 5.69. The van der Waals surface area contributed by atoms with Crippen LogP contribution in [-0.4, -0.2) is 24.9 Å². The summed E-state index contributed by atoms with van der Waals surface area (Å²) in [5, 5.41) is 0. The van der Waals surface area contributed by atoms with Gasteiger partial charge in [-0.3, -0.25) is 0 Å². The Balaban J connectivity index is 1.84. The van der Waals surface area contributed by atoms with Crippen molar-refractivity contribution in [3.8, 4) is 0 Å². The van der Waals surface area contributed by atoms with Gasteiger partial charge in [0.25, 0.3) is 0 Å². The van der Waals surface area contributed by atoms with E-state index in [2.05, 4.69) is 12.2 Å². The van der Waals surface area contributed by atoms with Gasteiger partial charge in [-0.2, -0.15) is 0 Å². The van der Waals surface area contributed by atoms with Gasteiger partial charge >= 0.3 is 0 Å². The molecule has 2 nitrogen and oxygen atoms in total. The second-order valence-corrected chi connectivity index (χ2v) is 3.97. The average Bonchev–Trinajstić information content (AvgIpc) is 2.67. The fraction of sp³-hybridized carbons (Fsp3) is 0.800. The Morgan fingerprint density at radius 2 is 2.31 bits per heavy atom. The third kappa shape index (κ3) is 2.25. The molecular formula is C10H15ClO2. The molecule has 1 aliphatic heterocycles. The summed E-state index contributed by atoms with van der Waals surface area (Å²) < 4.78 is 11.2. The Kier molecular flexibility index (Phi) is 3.25. The minimum atomic E-state index is -0.00583. The maximum Gasteiger partial charge on any atom is 0.161 e. The molecule has 3 atom stereocenters. The van der Waals surface area contributed by atoms with Crippen molar-refractivity contribution in [2.75, 3.05) is 12.5 Å². The zero-order chi connectivity index (χ0) is 9.10. The highest BCUT2D eigenvalue weighted by Crippen LogP contribution is 2.28. The number of hydrogen-bond acceptors (Lipinski definition) is 2. The fourth-order valence-electron chi connectivity index (χ4n) is 1.86. The van der Waals surface area contributed by atoms with Crippen molar-refractivity contribution in [2.45, 2.75) is 31.7 Å². The van der Waals surface area contributed by atoms with Gasteiger partial charge in [-0.25, -0.2) is 0 Å². The molecule has 0 N–H and O–H groups in total. The Bertz CT molecular complexity index is 193. The molecule has 1 saturated heterocycles. The normalized spacial score (nSPS) is 39.6. The van der Waals surface area contributed by atoms with E-state index < -0.39 is 0 Å². The summed E-state index contributed by atoms with van der Waals surface area (Å²) in [7, 11) is 0. The molecule has 1 heterocycles. The van der Waals surface area contributed by atoms with Gasteiger partial charge in [0.1, 0.15) is 0 Å². The molecular weight excluding hydrogens is 188 g/mol. The molecule has 0 amide bonds. The summed E-state index contributed by atoms with van der Waals surface area (Å²) in [6.07, 6.45) is 7.96. The molecule has 2 rings (SSSR count). The first-order valence-electron chi connectivity index (χ1n) is 4.88. The van der Waals surface area contributed by atoms with E-state index in [-0.39, 0.29) is 12.4 Å². The molecule has 0 bridgehead atoms. The maximum absolute atomic E-state index is 5.69. The number of rotatable bonds is 2. The second-order valence-electron chi connectivity index (χ2n) is 3.66. The lowest BCUT2D eigenvalue weighted by Gasteiger charge is -2.23. The van der Waals surface area contributed by atoms with Crippen molar-refractivity contribution in [1.29, 1.82) is 0 Å². The van der Waals surface area contributed by atoms with Crippen molar-refractivity contribution in [3.63, 3.8) is 0 Å². The Hall–Kier alpha value is -0.0500. The number of allylic oxidation sites excluding steroid dienone is 2. The van der Waals surface area contributed by atoms with Crippen LogP contribution in [0.3, 0.4) is 0 Å². The summed E-state index contributed by atoms with van der Waals surface area (Å²) in [6.45, 7) is 0.661. The largest absolute Gasteiger partial charge is 0.350 e. The van der Waals surface area contributed by atoms with E-state index in [1.54, 1.807) is 0 Å². The van der Waals surface area contributed by atoms with Gasteiger partial charge in [-0.1, -0.05) is 12.2 Å². The molecule has 1 aliphatic carbocycles. The lowest BCUT2D eigenvalue weighted by molar-refractivity contribution is -0.0955. The van der Waals surface area contributed by atoms with Gasteiger partial charge < -0.3 is 9.47 Å². The van der Waals surface area contributed by atoms with Crippen LogP contribution in [0.5, 0.6) is 0 Å². The van der Waals surface area contributed by atoms with E-state index in [1.807, 2.05) is 0 Å². The molecule has 0 aromatic heterocycles. The van der Waals surface area contributed by atoms with E-state index in [4.69, 9.17) is 21.1 Å². The van der Waals surface area contributed by atoms with Crippen LogP contribution < -0.4 is 0 Å². The van der Waals surface area contributed by atoms with Crippen LogP contribution in [-0.2, 0) is 9.47 Å². The highest BCUT2D eigenvalue weighted by molar-refractivity contribution is 6.18. The fourth-order valence-corrected chi connectivity index (χ4v) is 2.02. The van der Waals surface area contributed by atoms with Gasteiger partial charge in [0.2, 0.25) is 0 Å². The van der Waals surface area contributed by atoms with Gasteiger partial charge in [-0.15, -0.1) is 11.6 Å². The number of halogens is 1. The minimum Gasteiger partial charge on any atom is -0.350 e. The number of hydrogen-bond donors (Lipinski definition) is 0. The third-order valence-corrected chi connectivity index (χ3v) is 2.98. The van der Waals surface area contributed by atoms with Crippen LogP contribution in [0, 0.1) is 5.92 Å². The zero-order valence-electron chi connectivity index (χ0n) is 7.62. The summed E-state index contributed by atoms with van der Waals surface area (Å²) >= 11 is 5.69. The summed E-state index contributed by atoms with van der Waals surface area (Å²) in [5.74, 6) is 1.08. The Labute approximate surface area is 83.9 Å². The molecule has 0 unspecified atom stereocenters. The van der Waals surface area contributed by atoms with Crippen LogP contribution in [0.25, 0.3) is 0 Å². The van der Waals surface area contributed by atoms with Gasteiger partial charge in [0, 0.05) is 5.92 Å². The van der Waals surface area contributed by atoms with Crippen molar-refractivity contribution < 1.29 is 9.47 Å². The monoisotopic (exact) mass is 202 g/mol. The van der Waals surface area contributed by atoms with E-state index in [9.17, 15) is 0 Å². The Morgan fingerprint density at radius 3 is 2.92 bits per heavy atom. The smallest absolute Gasteiger partial charge is 0.161 e. The summed E-state index contributed by atoms with van der Waals surface area (Å²) in [6, 6.07) is 0. The number of ether oxygens (including phenoxy) is 2. The molecule has 0 saturated carbocycles. The van der Waals surface area contributed by atoms with Gasteiger partial charge in [0.05, 0.1) is 18.6 Å². The lowest BCUT2D eigenvalue weighted by atomic mass is 9.94. The predicted octanol–water partition coefficient (Wildman–Crippen LogP) is 2.32. The highest BCUT2D eigenvalue weighted by Gasteiger charge is 2.31. The predicted molar refractivity (Wildman–Crippen MR) is 51.8 cm³/mol. The quantitative estimate of drug-likeness (QED) is 0.506. The SMILES string of the molecule is ClC[C@H]1CO[C@H]([C@H]2CC=CCC2)O1. The average molecular weight is 203 g/mol. The number of alkyl halides is 1. The highest BCUT2D eigenvalue weighted by atomic mass is 35.5. The van der Waals surface area contributed by atoms with Gasteiger partial charge in [-0.05, 0) is 19.3 Å². The van der Waals surface area contributed by atoms with Crippen LogP contribution in [0.2, 0.25) is 0 Å². The molecule has 74 valence electrons. The first-order valence-corrected chi connectivity index (χ1v) is 5.41. The van der Waals surface area contributed by atoms with E-state index in [0.717, 1.165) is 12.8 Å². The van der Waals surface area contributed by atoms with Crippen molar-refractivity contribution in [3.05, 3.63) is 12.2 Å². The van der Waals surface area contributed by atoms with Gasteiger partial charge in [0.15, 0.2) is 6.29 Å². The molecule has 1 fully saturated rings. The summed E-state index contributed by atoms with van der Waals surface area (Å²) in [4.78, 5) is 0. The molecule has 0 spiro atoms. The van der Waals surface area contributed by atoms with Crippen molar-refractivity contribution in [1.82, 2.24) is 0 Å². The second kappa shape index (κ2) is 4.45. The molecule has 3 heteroatoms. The topological polar surface area (TPSA) is 18.5 Å². The molecule has 13 heavy (non-hydrogen) atoms. The standard InChI is InChI=1S/C10H15ClO2/c11-6-9-7-12-10(13-9)8-4-2-1-3-5-8/h1-2,8-10H,3-7H2/t8-,9-,10-/m0/s1. The Morgan fingerprint density at radius 1 is 1.38 bits per heavy atom. The van der Waals surface area contributed by atoms with Crippen molar-refractivity contribution >= 4 is 11.6 Å².